The lowest BCUT2D eigenvalue weighted by atomic mass is 9.87. The van der Waals surface area contributed by atoms with Crippen molar-refractivity contribution in [2.45, 2.75) is 39.1 Å². The Balaban J connectivity index is 1.55. The third-order valence-electron chi connectivity index (χ3n) is 6.20. The van der Waals surface area contributed by atoms with Gasteiger partial charge in [0.25, 0.3) is 5.91 Å². The van der Waals surface area contributed by atoms with Crippen LogP contribution >= 0.6 is 0 Å². The number of amides is 2. The normalized spacial score (nSPS) is 19.4. The molecule has 1 aliphatic rings. The highest BCUT2D eigenvalue weighted by atomic mass is 19.4. The topological polar surface area (TPSA) is 130 Å². The summed E-state index contributed by atoms with van der Waals surface area (Å²) in [7, 11) is 2.88. The fraction of sp³-hybridized carbons (Fsp3) is 0.435. The predicted octanol–water partition coefficient (Wildman–Crippen LogP) is 2.84. The van der Waals surface area contributed by atoms with Gasteiger partial charge in [-0.1, -0.05) is 0 Å². The summed E-state index contributed by atoms with van der Waals surface area (Å²) in [6.45, 7) is 3.78. The van der Waals surface area contributed by atoms with Gasteiger partial charge in [-0.05, 0) is 32.9 Å². The second-order valence-corrected chi connectivity index (χ2v) is 9.49. The van der Waals surface area contributed by atoms with E-state index < -0.39 is 36.2 Å². The van der Waals surface area contributed by atoms with E-state index >= 15 is 0 Å². The fourth-order valence-electron chi connectivity index (χ4n) is 4.21. The van der Waals surface area contributed by atoms with Gasteiger partial charge in [0.15, 0.2) is 11.5 Å². The molecule has 198 valence electrons. The van der Waals surface area contributed by atoms with Gasteiger partial charge in [-0.2, -0.15) is 18.3 Å². The number of nitrogens with zero attached hydrogens (tertiary/aromatic N) is 6. The molecular formula is C23H26F3N7O4. The van der Waals surface area contributed by atoms with E-state index in [1.807, 2.05) is 0 Å². The maximum Gasteiger partial charge on any atom is 0.405 e. The summed E-state index contributed by atoms with van der Waals surface area (Å²) in [5.41, 5.74) is -0.584. The van der Waals surface area contributed by atoms with E-state index in [9.17, 15) is 27.9 Å². The minimum absolute atomic E-state index is 0.00818. The average Bonchev–Trinajstić information content (AvgIpc) is 3.47. The summed E-state index contributed by atoms with van der Waals surface area (Å²) >= 11 is 0. The average molecular weight is 522 g/mol. The molecule has 0 aromatic carbocycles. The van der Waals surface area contributed by atoms with Gasteiger partial charge in [0.1, 0.15) is 24.3 Å². The quantitative estimate of drug-likeness (QED) is 0.507. The Kier molecular flexibility index (Phi) is 6.48. The number of nitrogens with one attached hydrogen (secondary N) is 1. The first-order valence-corrected chi connectivity index (χ1v) is 11.3. The van der Waals surface area contributed by atoms with Gasteiger partial charge in [0.2, 0.25) is 11.8 Å². The van der Waals surface area contributed by atoms with Gasteiger partial charge >= 0.3 is 6.18 Å². The zero-order valence-corrected chi connectivity index (χ0v) is 20.7. The largest absolute Gasteiger partial charge is 0.444 e. The Labute approximate surface area is 209 Å². The molecular weight excluding hydrogens is 495 g/mol. The summed E-state index contributed by atoms with van der Waals surface area (Å²) in [5.74, 6) is -0.767. The standard InChI is InChI=1S/C23H26F3N7O4/c1-12-17(34)22(2,3)21(36)33(12)18-14(9-32(5)30-18)28-19(35)15-10-37-20(29-15)13-6-7-27-16(8-13)31(4)11-23(24,25)26/h6-10,12,17,34H,11H2,1-5H3,(H,28,35)/t12-,17?/m0/s1. The molecule has 2 atom stereocenters. The highest BCUT2D eigenvalue weighted by Gasteiger charge is 2.53. The first-order chi connectivity index (χ1) is 17.2. The van der Waals surface area contributed by atoms with Crippen molar-refractivity contribution in [2.75, 3.05) is 28.7 Å². The lowest BCUT2D eigenvalue weighted by Gasteiger charge is -2.21. The molecule has 3 aromatic rings. The van der Waals surface area contributed by atoms with E-state index in [1.165, 1.54) is 41.2 Å². The lowest BCUT2D eigenvalue weighted by molar-refractivity contribution is -0.126. The molecule has 0 radical (unpaired) electrons. The van der Waals surface area contributed by atoms with Crippen molar-refractivity contribution in [1.29, 1.82) is 0 Å². The predicted molar refractivity (Wildman–Crippen MR) is 127 cm³/mol. The van der Waals surface area contributed by atoms with Gasteiger partial charge in [-0.15, -0.1) is 0 Å². The van der Waals surface area contributed by atoms with Crippen molar-refractivity contribution < 1.29 is 32.3 Å². The molecule has 1 aliphatic heterocycles. The number of hydrogen-bond acceptors (Lipinski definition) is 8. The molecule has 0 spiro atoms. The molecule has 0 saturated carbocycles. The Morgan fingerprint density at radius 1 is 1.35 bits per heavy atom. The van der Waals surface area contributed by atoms with Gasteiger partial charge in [0.05, 0.1) is 23.8 Å². The second-order valence-electron chi connectivity index (χ2n) is 9.49. The zero-order valence-electron chi connectivity index (χ0n) is 20.7. The molecule has 4 rings (SSSR count). The third-order valence-corrected chi connectivity index (χ3v) is 6.20. The number of rotatable bonds is 6. The number of halogens is 3. The van der Waals surface area contributed by atoms with Crippen LogP contribution < -0.4 is 15.1 Å². The molecule has 0 bridgehead atoms. The molecule has 2 amide bonds. The van der Waals surface area contributed by atoms with Crippen LogP contribution in [0.2, 0.25) is 0 Å². The van der Waals surface area contributed by atoms with E-state index in [-0.39, 0.29) is 34.8 Å². The van der Waals surface area contributed by atoms with Gasteiger partial charge in [-0.3, -0.25) is 19.2 Å². The van der Waals surface area contributed by atoms with Crippen LogP contribution in [0, 0.1) is 5.41 Å². The number of aliphatic hydroxyl groups is 1. The monoisotopic (exact) mass is 521 g/mol. The first-order valence-electron chi connectivity index (χ1n) is 11.3. The fourth-order valence-corrected chi connectivity index (χ4v) is 4.21. The zero-order chi connectivity index (χ0) is 27.3. The van der Waals surface area contributed by atoms with Crippen molar-refractivity contribution >= 4 is 29.1 Å². The molecule has 1 unspecified atom stereocenters. The molecule has 11 nitrogen and oxygen atoms in total. The number of hydrogen-bond donors (Lipinski definition) is 2. The van der Waals surface area contributed by atoms with Gasteiger partial charge in [-0.25, -0.2) is 9.97 Å². The van der Waals surface area contributed by atoms with Crippen LogP contribution in [0.5, 0.6) is 0 Å². The van der Waals surface area contributed by atoms with E-state index in [2.05, 4.69) is 20.4 Å². The maximum absolute atomic E-state index is 13.0. The van der Waals surface area contributed by atoms with E-state index in [0.29, 0.717) is 5.56 Å². The molecule has 1 saturated heterocycles. The van der Waals surface area contributed by atoms with Crippen molar-refractivity contribution in [3.63, 3.8) is 0 Å². The van der Waals surface area contributed by atoms with Crippen LogP contribution in [-0.2, 0) is 11.8 Å². The number of pyridine rings is 1. The number of aryl methyl sites for hydroxylation is 1. The van der Waals surface area contributed by atoms with Crippen LogP contribution in [0.1, 0.15) is 31.3 Å². The molecule has 0 aliphatic carbocycles. The number of carbonyl (C=O) groups is 2. The molecule has 4 heterocycles. The highest BCUT2D eigenvalue weighted by molar-refractivity contribution is 6.07. The van der Waals surface area contributed by atoms with Crippen LogP contribution in [-0.4, -0.2) is 68.6 Å². The van der Waals surface area contributed by atoms with E-state index in [0.717, 1.165) is 11.2 Å². The highest BCUT2D eigenvalue weighted by Crippen LogP contribution is 2.40. The maximum atomic E-state index is 13.0. The minimum Gasteiger partial charge on any atom is -0.444 e. The van der Waals surface area contributed by atoms with Gasteiger partial charge in [0, 0.05) is 25.9 Å². The van der Waals surface area contributed by atoms with E-state index in [1.54, 1.807) is 27.8 Å². The molecule has 1 fully saturated rings. The molecule has 2 N–H and O–H groups in total. The molecule has 3 aromatic heterocycles. The Hall–Kier alpha value is -3.94. The lowest BCUT2D eigenvalue weighted by Crippen LogP contribution is -2.35. The van der Waals surface area contributed by atoms with Crippen molar-refractivity contribution in [1.82, 2.24) is 19.7 Å². The number of oxazole rings is 1. The third kappa shape index (κ3) is 5.01. The number of anilines is 3. The smallest absolute Gasteiger partial charge is 0.405 e. The Morgan fingerprint density at radius 3 is 2.68 bits per heavy atom. The van der Waals surface area contributed by atoms with Crippen molar-refractivity contribution in [2.24, 2.45) is 12.5 Å². The van der Waals surface area contributed by atoms with Crippen molar-refractivity contribution in [3.8, 4) is 11.5 Å². The van der Waals surface area contributed by atoms with E-state index in [4.69, 9.17) is 4.42 Å². The molecule has 37 heavy (non-hydrogen) atoms. The molecule has 14 heteroatoms. The SMILES string of the molecule is C[C@H]1C(O)C(C)(C)C(=O)N1c1nn(C)cc1NC(=O)c1coc(-c2ccnc(N(C)CC(F)(F)F)c2)n1. The first kappa shape index (κ1) is 26.1. The number of alkyl halides is 3. The second kappa shape index (κ2) is 9.18. The Morgan fingerprint density at radius 2 is 2.05 bits per heavy atom. The summed E-state index contributed by atoms with van der Waals surface area (Å²) < 4.78 is 45.0. The number of aromatic nitrogens is 4. The van der Waals surface area contributed by atoms with Gasteiger partial charge < -0.3 is 19.7 Å². The Bertz CT molecular complexity index is 1330. The van der Waals surface area contributed by atoms with Crippen LogP contribution in [0.4, 0.5) is 30.5 Å². The van der Waals surface area contributed by atoms with Crippen LogP contribution in [0.25, 0.3) is 11.5 Å². The van der Waals surface area contributed by atoms with Crippen molar-refractivity contribution in [3.05, 3.63) is 36.5 Å². The number of carbonyl (C=O) groups excluding carboxylic acids is 2. The summed E-state index contributed by atoms with van der Waals surface area (Å²) in [6, 6.07) is 2.28. The summed E-state index contributed by atoms with van der Waals surface area (Å²) in [5, 5.41) is 17.5. The summed E-state index contributed by atoms with van der Waals surface area (Å²) in [6.07, 6.45) is -1.41. The number of aliphatic hydroxyl groups excluding tert-OH is 1. The minimum atomic E-state index is -4.41. The van der Waals surface area contributed by atoms with Crippen LogP contribution in [0.15, 0.2) is 35.2 Å². The van der Waals surface area contributed by atoms with Crippen LogP contribution in [0.3, 0.4) is 0 Å². The summed E-state index contributed by atoms with van der Waals surface area (Å²) in [4.78, 5) is 36.3.